The molecule has 2 N–H and O–H groups in total. The van der Waals surface area contributed by atoms with Gasteiger partial charge < -0.3 is 10.6 Å². The number of likely N-dealkylation sites (N-methyl/N-ethyl adjacent to an activating group) is 1. The van der Waals surface area contributed by atoms with Gasteiger partial charge in [0.2, 0.25) is 0 Å². The number of hydrogen-bond acceptors (Lipinski definition) is 3. The van der Waals surface area contributed by atoms with Crippen LogP contribution >= 0.6 is 11.6 Å². The second-order valence-corrected chi connectivity index (χ2v) is 6.40. The van der Waals surface area contributed by atoms with E-state index >= 15 is 0 Å². The van der Waals surface area contributed by atoms with Crippen molar-refractivity contribution in [3.05, 3.63) is 28.8 Å². The number of nitrogens with two attached hydrogens (primary N) is 1. The lowest BCUT2D eigenvalue weighted by Gasteiger charge is -2.46. The monoisotopic (exact) mass is 281 g/mol. The van der Waals surface area contributed by atoms with Gasteiger partial charge >= 0.3 is 0 Å². The van der Waals surface area contributed by atoms with Crippen LogP contribution in [0, 0.1) is 0 Å². The number of halogens is 1. The molecule has 1 saturated heterocycles. The van der Waals surface area contributed by atoms with Gasteiger partial charge in [-0.05, 0) is 57.6 Å². The smallest absolute Gasteiger partial charge is 0.0410 e. The van der Waals surface area contributed by atoms with Gasteiger partial charge in [-0.1, -0.05) is 11.6 Å². The van der Waals surface area contributed by atoms with E-state index < -0.39 is 0 Å². The van der Waals surface area contributed by atoms with Gasteiger partial charge in [0.1, 0.15) is 0 Å². The van der Waals surface area contributed by atoms with E-state index in [0.29, 0.717) is 6.54 Å². The maximum Gasteiger partial charge on any atom is 0.0410 e. The number of benzene rings is 1. The number of nitrogens with zero attached hydrogens (tertiary/aromatic N) is 2. The van der Waals surface area contributed by atoms with Crippen LogP contribution < -0.4 is 10.6 Å². The molecule has 0 aromatic heterocycles. The topological polar surface area (TPSA) is 32.5 Å². The van der Waals surface area contributed by atoms with Crippen molar-refractivity contribution in [3.63, 3.8) is 0 Å². The first-order chi connectivity index (χ1) is 8.94. The van der Waals surface area contributed by atoms with E-state index in [9.17, 15) is 0 Å². The number of hydrogen-bond donors (Lipinski definition) is 1. The highest BCUT2D eigenvalue weighted by Gasteiger charge is 2.31. The molecule has 1 aromatic carbocycles. The maximum absolute atomic E-state index is 6.10. The van der Waals surface area contributed by atoms with Gasteiger partial charge in [0.05, 0.1) is 0 Å². The number of rotatable bonds is 3. The van der Waals surface area contributed by atoms with Gasteiger partial charge in [0.15, 0.2) is 0 Å². The highest BCUT2D eigenvalue weighted by atomic mass is 35.5. The molecule has 0 amide bonds. The van der Waals surface area contributed by atoms with Crippen LogP contribution in [-0.2, 0) is 6.42 Å². The summed E-state index contributed by atoms with van der Waals surface area (Å²) in [5, 5.41) is 0.792. The lowest BCUT2D eigenvalue weighted by atomic mass is 9.98. The first-order valence-electron chi connectivity index (χ1n) is 6.89. The van der Waals surface area contributed by atoms with Crippen LogP contribution in [0.2, 0.25) is 5.02 Å². The molecule has 2 rings (SSSR count). The van der Waals surface area contributed by atoms with Gasteiger partial charge in [0.25, 0.3) is 0 Å². The maximum atomic E-state index is 6.10. The number of piperazine rings is 1. The van der Waals surface area contributed by atoms with Crippen molar-refractivity contribution in [3.8, 4) is 0 Å². The minimum atomic E-state index is 0.192. The van der Waals surface area contributed by atoms with Gasteiger partial charge in [0, 0.05) is 35.9 Å². The molecule has 0 spiro atoms. The standard InChI is InChI=1S/C15H24ClN3/c1-15(2)11-19(9-8-18(15)3)14-5-4-13(16)10-12(14)6-7-17/h4-5,10H,6-9,11,17H2,1-3H3. The summed E-state index contributed by atoms with van der Waals surface area (Å²) in [6, 6.07) is 6.16. The molecule has 3 nitrogen and oxygen atoms in total. The fraction of sp³-hybridized carbons (Fsp3) is 0.600. The summed E-state index contributed by atoms with van der Waals surface area (Å²) in [4.78, 5) is 4.88. The molecular formula is C15H24ClN3. The van der Waals surface area contributed by atoms with Crippen molar-refractivity contribution in [2.45, 2.75) is 25.8 Å². The molecule has 0 saturated carbocycles. The Hall–Kier alpha value is -0.770. The molecule has 0 radical (unpaired) electrons. The quantitative estimate of drug-likeness (QED) is 0.923. The molecule has 1 heterocycles. The third kappa shape index (κ3) is 3.22. The van der Waals surface area contributed by atoms with Gasteiger partial charge in [-0.2, -0.15) is 0 Å². The predicted octanol–water partition coefficient (Wildman–Crippen LogP) is 2.37. The zero-order valence-corrected chi connectivity index (χ0v) is 12.9. The fourth-order valence-corrected chi connectivity index (χ4v) is 2.86. The van der Waals surface area contributed by atoms with Crippen LogP contribution in [0.25, 0.3) is 0 Å². The SMILES string of the molecule is CN1CCN(c2ccc(Cl)cc2CCN)CC1(C)C. The molecule has 1 aromatic rings. The van der Waals surface area contributed by atoms with Crippen LogP contribution in [0.3, 0.4) is 0 Å². The van der Waals surface area contributed by atoms with Crippen molar-refractivity contribution >= 4 is 17.3 Å². The molecule has 0 unspecified atom stereocenters. The van der Waals surface area contributed by atoms with Gasteiger partial charge in [-0.3, -0.25) is 4.90 Å². The van der Waals surface area contributed by atoms with E-state index in [1.54, 1.807) is 0 Å². The van der Waals surface area contributed by atoms with E-state index in [0.717, 1.165) is 31.1 Å². The molecule has 19 heavy (non-hydrogen) atoms. The fourth-order valence-electron chi connectivity index (χ4n) is 2.66. The summed E-state index contributed by atoms with van der Waals surface area (Å²) in [5.41, 5.74) is 8.45. The molecule has 1 fully saturated rings. The van der Waals surface area contributed by atoms with Crippen LogP contribution in [0.5, 0.6) is 0 Å². The van der Waals surface area contributed by atoms with Crippen LogP contribution in [0.4, 0.5) is 5.69 Å². The average molecular weight is 282 g/mol. The Morgan fingerprint density at radius 3 is 2.68 bits per heavy atom. The second-order valence-electron chi connectivity index (χ2n) is 5.97. The predicted molar refractivity (Wildman–Crippen MR) is 83.1 cm³/mol. The Bertz CT molecular complexity index is 445. The molecule has 0 aliphatic carbocycles. The Balaban J connectivity index is 2.26. The van der Waals surface area contributed by atoms with Gasteiger partial charge in [-0.25, -0.2) is 0 Å². The average Bonchev–Trinajstić information content (AvgIpc) is 2.33. The zero-order chi connectivity index (χ0) is 14.0. The molecular weight excluding hydrogens is 258 g/mol. The summed E-state index contributed by atoms with van der Waals surface area (Å²) < 4.78 is 0. The van der Waals surface area contributed by atoms with Crippen molar-refractivity contribution in [2.75, 3.05) is 38.1 Å². The lowest BCUT2D eigenvalue weighted by Crippen LogP contribution is -2.57. The summed E-state index contributed by atoms with van der Waals surface area (Å²) in [5.74, 6) is 0. The molecule has 0 bridgehead atoms. The van der Waals surface area contributed by atoms with E-state index in [4.69, 9.17) is 17.3 Å². The molecule has 1 aliphatic heterocycles. The minimum absolute atomic E-state index is 0.192. The van der Waals surface area contributed by atoms with Crippen molar-refractivity contribution in [1.82, 2.24) is 4.90 Å². The Morgan fingerprint density at radius 1 is 1.32 bits per heavy atom. The summed E-state index contributed by atoms with van der Waals surface area (Å²) in [6.45, 7) is 8.40. The van der Waals surface area contributed by atoms with E-state index in [-0.39, 0.29) is 5.54 Å². The van der Waals surface area contributed by atoms with Crippen LogP contribution in [-0.4, -0.2) is 43.7 Å². The van der Waals surface area contributed by atoms with Crippen molar-refractivity contribution in [2.24, 2.45) is 5.73 Å². The summed E-state index contributed by atoms with van der Waals surface area (Å²) >= 11 is 6.10. The van der Waals surface area contributed by atoms with E-state index in [2.05, 4.69) is 42.8 Å². The van der Waals surface area contributed by atoms with Crippen molar-refractivity contribution < 1.29 is 0 Å². The lowest BCUT2D eigenvalue weighted by molar-refractivity contribution is 0.139. The third-order valence-corrected chi connectivity index (χ3v) is 4.35. The molecule has 1 aliphatic rings. The van der Waals surface area contributed by atoms with E-state index in [1.807, 2.05) is 6.07 Å². The largest absolute Gasteiger partial charge is 0.368 e. The number of anilines is 1. The highest BCUT2D eigenvalue weighted by Crippen LogP contribution is 2.29. The Kier molecular flexibility index (Phi) is 4.39. The first-order valence-corrected chi connectivity index (χ1v) is 7.26. The summed E-state index contributed by atoms with van der Waals surface area (Å²) in [7, 11) is 2.19. The van der Waals surface area contributed by atoms with E-state index in [1.165, 1.54) is 11.3 Å². The zero-order valence-electron chi connectivity index (χ0n) is 12.1. The van der Waals surface area contributed by atoms with Gasteiger partial charge in [-0.15, -0.1) is 0 Å². The molecule has 106 valence electrons. The van der Waals surface area contributed by atoms with Crippen LogP contribution in [0.1, 0.15) is 19.4 Å². The second kappa shape index (κ2) is 5.70. The van der Waals surface area contributed by atoms with Crippen LogP contribution in [0.15, 0.2) is 18.2 Å². The summed E-state index contributed by atoms with van der Waals surface area (Å²) in [6.07, 6.45) is 0.878. The first kappa shape index (κ1) is 14.6. The highest BCUT2D eigenvalue weighted by molar-refractivity contribution is 6.30. The van der Waals surface area contributed by atoms with Crippen molar-refractivity contribution in [1.29, 1.82) is 0 Å². The third-order valence-electron chi connectivity index (χ3n) is 4.11. The minimum Gasteiger partial charge on any atom is -0.368 e. The normalized spacial score (nSPS) is 19.7. The Labute approximate surface area is 121 Å². The molecule has 0 atom stereocenters. The molecule has 4 heteroatoms. The Morgan fingerprint density at radius 2 is 2.05 bits per heavy atom.